The van der Waals surface area contributed by atoms with Crippen molar-refractivity contribution >= 4 is 32.1 Å². The molecule has 7 rings (SSSR count). The monoisotopic (exact) mass is 393 g/mol. The third-order valence-electron chi connectivity index (χ3n) is 6.41. The minimum Gasteiger partial charge on any atom is -0.346 e. The first-order valence-electron chi connectivity index (χ1n) is 8.87. The molecule has 7 nitrogen and oxygen atoms in total. The Morgan fingerprint density at radius 1 is 1.19 bits per heavy atom. The van der Waals surface area contributed by atoms with E-state index < -0.39 is 29.0 Å². The number of nitrogens with one attached hydrogen (secondary N) is 1. The Morgan fingerprint density at radius 3 is 2.63 bits per heavy atom. The van der Waals surface area contributed by atoms with Crippen LogP contribution < -0.4 is 0 Å². The number of H-pyrrole nitrogens is 1. The van der Waals surface area contributed by atoms with Crippen LogP contribution in [-0.4, -0.2) is 57.0 Å². The predicted molar refractivity (Wildman–Crippen MR) is 93.9 cm³/mol. The van der Waals surface area contributed by atoms with E-state index in [0.29, 0.717) is 0 Å². The summed E-state index contributed by atoms with van der Waals surface area (Å²) in [6.45, 7) is -1.36. The minimum atomic E-state index is -3.63. The smallest absolute Gasteiger partial charge is 0.275 e. The maximum Gasteiger partial charge on any atom is 0.275 e. The third-order valence-corrected chi connectivity index (χ3v) is 8.43. The lowest BCUT2D eigenvalue weighted by molar-refractivity contribution is -0.170. The molecule has 3 aromatic heterocycles. The number of alkyl halides is 2. The van der Waals surface area contributed by atoms with Crippen LogP contribution in [0.2, 0.25) is 0 Å². The van der Waals surface area contributed by atoms with Gasteiger partial charge in [-0.2, -0.15) is 4.31 Å². The second-order valence-electron chi connectivity index (χ2n) is 8.48. The highest BCUT2D eigenvalue weighted by Gasteiger charge is 2.70. The topological polar surface area (TPSA) is 83.9 Å². The van der Waals surface area contributed by atoms with E-state index in [1.807, 2.05) is 18.6 Å². The van der Waals surface area contributed by atoms with E-state index >= 15 is 0 Å². The molecule has 142 valence electrons. The van der Waals surface area contributed by atoms with Gasteiger partial charge in [-0.3, -0.25) is 0 Å². The highest BCUT2D eigenvalue weighted by Crippen LogP contribution is 2.72. The van der Waals surface area contributed by atoms with Crippen molar-refractivity contribution in [1.82, 2.24) is 23.8 Å². The summed E-state index contributed by atoms with van der Waals surface area (Å²) < 4.78 is 54.0. The first-order valence-corrected chi connectivity index (χ1v) is 10.5. The first kappa shape index (κ1) is 15.9. The van der Waals surface area contributed by atoms with Gasteiger partial charge in [-0.05, 0) is 30.7 Å². The van der Waals surface area contributed by atoms with Gasteiger partial charge in [0.15, 0.2) is 0 Å². The van der Waals surface area contributed by atoms with Crippen LogP contribution in [0.4, 0.5) is 8.78 Å². The number of rotatable bonds is 4. The zero-order valence-corrected chi connectivity index (χ0v) is 15.1. The fourth-order valence-corrected chi connectivity index (χ4v) is 7.39. The highest BCUT2D eigenvalue weighted by molar-refractivity contribution is 7.89. The predicted octanol–water partition coefficient (Wildman–Crippen LogP) is 2.07. The Labute approximate surface area is 153 Å². The molecule has 1 saturated heterocycles. The molecular weight excluding hydrogens is 376 g/mol. The van der Waals surface area contributed by atoms with Crippen LogP contribution in [0.25, 0.3) is 22.1 Å². The molecule has 3 saturated carbocycles. The Morgan fingerprint density at radius 2 is 1.93 bits per heavy atom. The van der Waals surface area contributed by atoms with Crippen molar-refractivity contribution in [2.24, 2.45) is 5.41 Å². The summed E-state index contributed by atoms with van der Waals surface area (Å²) in [4.78, 5) is 11.9. The first-order chi connectivity index (χ1) is 12.7. The van der Waals surface area contributed by atoms with Crippen LogP contribution in [0.3, 0.4) is 0 Å². The van der Waals surface area contributed by atoms with E-state index in [1.165, 1.54) is 0 Å². The molecule has 27 heavy (non-hydrogen) atoms. The second-order valence-corrected chi connectivity index (χ2v) is 10.5. The van der Waals surface area contributed by atoms with Crippen molar-refractivity contribution in [3.8, 4) is 0 Å². The van der Waals surface area contributed by atoms with Gasteiger partial charge < -0.3 is 9.55 Å². The summed E-state index contributed by atoms with van der Waals surface area (Å²) in [6, 6.07) is 1.97. The molecule has 1 N–H and O–H groups in total. The van der Waals surface area contributed by atoms with E-state index in [4.69, 9.17) is 0 Å². The number of nitrogens with zero attached hydrogens (tertiary/aromatic N) is 4. The van der Waals surface area contributed by atoms with Gasteiger partial charge in [0.25, 0.3) is 5.92 Å². The summed E-state index contributed by atoms with van der Waals surface area (Å²) in [5.41, 5.74) is 2.22. The van der Waals surface area contributed by atoms with Gasteiger partial charge in [0.1, 0.15) is 11.2 Å². The highest BCUT2D eigenvalue weighted by atomic mass is 32.2. The lowest BCUT2D eigenvalue weighted by Crippen LogP contribution is -2.71. The lowest BCUT2D eigenvalue weighted by atomic mass is 9.40. The van der Waals surface area contributed by atoms with Gasteiger partial charge >= 0.3 is 0 Å². The fourth-order valence-electron chi connectivity index (χ4n) is 5.36. The van der Waals surface area contributed by atoms with Crippen LogP contribution in [-0.2, 0) is 15.6 Å². The fraction of sp³-hybridized carbons (Fsp3) is 0.529. The average molecular weight is 393 g/mol. The molecule has 0 spiro atoms. The summed E-state index contributed by atoms with van der Waals surface area (Å²) in [5, 5.41) is 0.999. The van der Waals surface area contributed by atoms with Crippen molar-refractivity contribution < 1.29 is 17.2 Å². The molecule has 2 bridgehead atoms. The van der Waals surface area contributed by atoms with Gasteiger partial charge in [-0.15, -0.1) is 0 Å². The zero-order valence-electron chi connectivity index (χ0n) is 14.3. The number of sulfonamides is 1. The normalized spacial score (nSPS) is 32.2. The van der Waals surface area contributed by atoms with Gasteiger partial charge in [0.2, 0.25) is 10.0 Å². The van der Waals surface area contributed by atoms with Crippen molar-refractivity contribution in [3.05, 3.63) is 24.8 Å². The van der Waals surface area contributed by atoms with Gasteiger partial charge in [-0.1, -0.05) is 0 Å². The second kappa shape index (κ2) is 4.49. The SMILES string of the molecule is O=S(=O)(CC12CC(n3cnc4cnc5[nH]ccc5c43)(C1)C2)N1CC(F)(F)C1. The lowest BCUT2D eigenvalue weighted by Gasteiger charge is -2.71. The average Bonchev–Trinajstić information content (AvgIpc) is 3.12. The maximum atomic E-state index is 13.0. The van der Waals surface area contributed by atoms with E-state index in [0.717, 1.165) is 45.6 Å². The molecule has 4 fully saturated rings. The van der Waals surface area contributed by atoms with E-state index in [2.05, 4.69) is 19.5 Å². The van der Waals surface area contributed by atoms with Crippen molar-refractivity contribution in [2.45, 2.75) is 30.7 Å². The zero-order chi connectivity index (χ0) is 18.7. The van der Waals surface area contributed by atoms with Crippen molar-refractivity contribution in [1.29, 1.82) is 0 Å². The molecule has 0 atom stereocenters. The largest absolute Gasteiger partial charge is 0.346 e. The van der Waals surface area contributed by atoms with Gasteiger partial charge in [0.05, 0.1) is 36.9 Å². The molecule has 10 heteroatoms. The Balaban J connectivity index is 1.27. The molecule has 0 aromatic carbocycles. The van der Waals surface area contributed by atoms with Crippen LogP contribution in [0, 0.1) is 5.41 Å². The molecule has 0 radical (unpaired) electrons. The van der Waals surface area contributed by atoms with Gasteiger partial charge in [-0.25, -0.2) is 27.2 Å². The van der Waals surface area contributed by atoms with E-state index in [9.17, 15) is 17.2 Å². The van der Waals surface area contributed by atoms with Crippen molar-refractivity contribution in [3.63, 3.8) is 0 Å². The molecule has 3 aliphatic carbocycles. The van der Waals surface area contributed by atoms with Crippen LogP contribution in [0.1, 0.15) is 19.3 Å². The van der Waals surface area contributed by atoms with Crippen LogP contribution >= 0.6 is 0 Å². The number of hydrogen-bond donors (Lipinski definition) is 1. The van der Waals surface area contributed by atoms with E-state index in [-0.39, 0.29) is 16.7 Å². The summed E-state index contributed by atoms with van der Waals surface area (Å²) in [7, 11) is -3.63. The number of aromatic amines is 1. The summed E-state index contributed by atoms with van der Waals surface area (Å²) in [6.07, 6.45) is 7.61. The summed E-state index contributed by atoms with van der Waals surface area (Å²) >= 11 is 0. The third kappa shape index (κ3) is 2.00. The molecule has 0 unspecified atom stereocenters. The molecule has 3 aromatic rings. The van der Waals surface area contributed by atoms with Crippen molar-refractivity contribution in [2.75, 3.05) is 18.8 Å². The summed E-state index contributed by atoms with van der Waals surface area (Å²) in [5.74, 6) is -2.91. The van der Waals surface area contributed by atoms with E-state index in [1.54, 1.807) is 6.20 Å². The molecule has 1 aliphatic heterocycles. The van der Waals surface area contributed by atoms with Gasteiger partial charge in [0, 0.05) is 17.1 Å². The quantitative estimate of drug-likeness (QED) is 0.736. The Hall–Kier alpha value is -2.07. The van der Waals surface area contributed by atoms with Crippen LogP contribution in [0.15, 0.2) is 24.8 Å². The number of imidazole rings is 1. The standard InChI is InChI=1S/C17H17F2N5O2S/c18-17(19)7-23(8-17)27(25,26)9-15-4-16(5-15,6-15)24-10-22-12-3-21-14-11(13(12)24)1-2-20-14/h1-3,10H,4-9H2,(H,20,21). The number of aromatic nitrogens is 4. The molecule has 0 amide bonds. The minimum absolute atomic E-state index is 0.0361. The Bertz CT molecular complexity index is 1190. The molecular formula is C17H17F2N5O2S. The number of halogens is 2. The number of pyridine rings is 1. The number of fused-ring (bicyclic) bond motifs is 3. The maximum absolute atomic E-state index is 13.0. The number of hydrogen-bond acceptors (Lipinski definition) is 4. The molecule has 4 heterocycles. The molecule has 4 aliphatic rings. The van der Waals surface area contributed by atoms with Crippen LogP contribution in [0.5, 0.6) is 0 Å². The Kier molecular flexibility index (Phi) is 2.65.